The predicted molar refractivity (Wildman–Crippen MR) is 103 cm³/mol. The van der Waals surface area contributed by atoms with Gasteiger partial charge in [-0.25, -0.2) is 4.98 Å². The molecule has 0 radical (unpaired) electrons. The van der Waals surface area contributed by atoms with Gasteiger partial charge in [0.15, 0.2) is 5.78 Å². The molecular formula is C19H19N3O5S. The maximum absolute atomic E-state index is 12.1. The average Bonchev–Trinajstić information content (AvgIpc) is 3.11. The van der Waals surface area contributed by atoms with Crippen LogP contribution in [0.3, 0.4) is 0 Å². The Labute approximate surface area is 164 Å². The fourth-order valence-corrected chi connectivity index (χ4v) is 3.24. The number of aromatic nitrogens is 3. The van der Waals surface area contributed by atoms with Crippen molar-refractivity contribution < 1.29 is 19.1 Å². The quantitative estimate of drug-likeness (QED) is 0.422. The fraction of sp³-hybridized carbons (Fsp3) is 0.316. The van der Waals surface area contributed by atoms with Crippen LogP contribution in [0.5, 0.6) is 5.75 Å². The topological polar surface area (TPSA) is 99.9 Å². The number of nitrogens with zero attached hydrogens (tertiary/aromatic N) is 3. The summed E-state index contributed by atoms with van der Waals surface area (Å²) >= 11 is 1.33. The van der Waals surface area contributed by atoms with E-state index in [0.717, 1.165) is 11.4 Å². The minimum Gasteiger partial charge on any atom is -0.493 e. The third-order valence-electron chi connectivity index (χ3n) is 3.86. The molecule has 8 nitrogen and oxygen atoms in total. The molecule has 0 bridgehead atoms. The van der Waals surface area contributed by atoms with Crippen LogP contribution >= 0.6 is 11.3 Å². The van der Waals surface area contributed by atoms with Gasteiger partial charge in [0.2, 0.25) is 4.96 Å². The zero-order chi connectivity index (χ0) is 20.1. The lowest BCUT2D eigenvalue weighted by Gasteiger charge is -2.07. The van der Waals surface area contributed by atoms with Crippen LogP contribution in [0, 0.1) is 0 Å². The number of ether oxygens (including phenoxy) is 2. The van der Waals surface area contributed by atoms with Crippen LogP contribution in [-0.4, -0.2) is 33.0 Å². The Balaban J connectivity index is 1.49. The molecule has 0 saturated heterocycles. The summed E-state index contributed by atoms with van der Waals surface area (Å²) in [5, 5.41) is 4.98. The average molecular weight is 401 g/mol. The van der Waals surface area contributed by atoms with Crippen molar-refractivity contribution in [3.63, 3.8) is 0 Å². The van der Waals surface area contributed by atoms with E-state index >= 15 is 0 Å². The summed E-state index contributed by atoms with van der Waals surface area (Å²) in [7, 11) is 0. The number of Topliss-reactive ketones (excluding diaryl/α,β-unsaturated/α-hetero) is 1. The number of hydrogen-bond donors (Lipinski definition) is 0. The van der Waals surface area contributed by atoms with Gasteiger partial charge in [-0.2, -0.15) is 9.61 Å². The van der Waals surface area contributed by atoms with Crippen molar-refractivity contribution in [3.8, 4) is 5.75 Å². The first-order chi connectivity index (χ1) is 13.5. The molecule has 2 aromatic heterocycles. The van der Waals surface area contributed by atoms with Gasteiger partial charge in [0.1, 0.15) is 17.4 Å². The molecule has 3 rings (SSSR count). The molecule has 0 amide bonds. The van der Waals surface area contributed by atoms with Crippen LogP contribution in [0.15, 0.2) is 35.1 Å². The number of ketones is 1. The Kier molecular flexibility index (Phi) is 6.15. The van der Waals surface area contributed by atoms with Crippen molar-refractivity contribution in [1.29, 1.82) is 0 Å². The van der Waals surface area contributed by atoms with Gasteiger partial charge in [0, 0.05) is 11.6 Å². The summed E-state index contributed by atoms with van der Waals surface area (Å²) in [6.07, 6.45) is 0.769. The number of fused-ring (bicyclic) bond motifs is 1. The van der Waals surface area contributed by atoms with Gasteiger partial charge in [-0.3, -0.25) is 14.4 Å². The smallest absolute Gasteiger partial charge is 0.309 e. The number of rotatable bonds is 8. The third-order valence-corrected chi connectivity index (χ3v) is 4.91. The second kappa shape index (κ2) is 8.75. The molecule has 2 heterocycles. The van der Waals surface area contributed by atoms with Crippen molar-refractivity contribution >= 4 is 28.1 Å². The summed E-state index contributed by atoms with van der Waals surface area (Å²) < 4.78 is 11.9. The fourth-order valence-electron chi connectivity index (χ4n) is 2.38. The molecule has 9 heteroatoms. The second-order valence-corrected chi connectivity index (χ2v) is 7.01. The standard InChI is InChI=1S/C19H19N3O5S/c1-3-16-21-22-17(24)10-14(20-19(22)28-16)11-27-18(25)8-9-26-15-6-4-13(5-7-15)12(2)23/h4-7,10H,3,8-9,11H2,1-2H3. The Hall–Kier alpha value is -3.07. The van der Waals surface area contributed by atoms with E-state index in [1.165, 1.54) is 28.8 Å². The van der Waals surface area contributed by atoms with Gasteiger partial charge in [-0.1, -0.05) is 18.3 Å². The zero-order valence-corrected chi connectivity index (χ0v) is 16.3. The number of benzene rings is 1. The Morgan fingerprint density at radius 2 is 1.96 bits per heavy atom. The highest BCUT2D eigenvalue weighted by molar-refractivity contribution is 7.16. The van der Waals surface area contributed by atoms with Crippen molar-refractivity contribution in [2.45, 2.75) is 33.3 Å². The summed E-state index contributed by atoms with van der Waals surface area (Å²) in [6.45, 7) is 3.50. The molecule has 0 aliphatic carbocycles. The molecule has 0 saturated carbocycles. The minimum atomic E-state index is -0.457. The first kappa shape index (κ1) is 19.7. The first-order valence-electron chi connectivity index (χ1n) is 8.74. The van der Waals surface area contributed by atoms with E-state index in [0.29, 0.717) is 22.0 Å². The maximum Gasteiger partial charge on any atom is 0.309 e. The molecule has 0 spiro atoms. The molecule has 3 aromatic rings. The summed E-state index contributed by atoms with van der Waals surface area (Å²) in [5.74, 6) is 0.0848. The van der Waals surface area contributed by atoms with E-state index in [4.69, 9.17) is 9.47 Å². The molecule has 0 fully saturated rings. The first-order valence-corrected chi connectivity index (χ1v) is 9.56. The lowest BCUT2D eigenvalue weighted by atomic mass is 10.1. The normalized spacial score (nSPS) is 10.8. The van der Waals surface area contributed by atoms with E-state index in [1.54, 1.807) is 24.3 Å². The molecule has 0 atom stereocenters. The Morgan fingerprint density at radius 3 is 2.64 bits per heavy atom. The SMILES string of the molecule is CCc1nn2c(=O)cc(COC(=O)CCOc3ccc(C(C)=O)cc3)nc2s1. The molecule has 1 aromatic carbocycles. The number of esters is 1. The van der Waals surface area contributed by atoms with Gasteiger partial charge < -0.3 is 9.47 Å². The van der Waals surface area contributed by atoms with Gasteiger partial charge in [0.05, 0.1) is 18.7 Å². The summed E-state index contributed by atoms with van der Waals surface area (Å²) in [6, 6.07) is 7.99. The number of aryl methyl sites for hydroxylation is 1. The Morgan fingerprint density at radius 1 is 1.21 bits per heavy atom. The van der Waals surface area contributed by atoms with Crippen LogP contribution in [-0.2, 0) is 22.6 Å². The lowest BCUT2D eigenvalue weighted by molar-refractivity contribution is -0.145. The Bertz CT molecular complexity index is 1060. The van der Waals surface area contributed by atoms with Crippen molar-refractivity contribution in [2.24, 2.45) is 0 Å². The molecule has 0 aliphatic rings. The zero-order valence-electron chi connectivity index (χ0n) is 15.5. The molecular weight excluding hydrogens is 382 g/mol. The van der Waals surface area contributed by atoms with Gasteiger partial charge in [-0.15, -0.1) is 0 Å². The molecule has 28 heavy (non-hydrogen) atoms. The highest BCUT2D eigenvalue weighted by Crippen LogP contribution is 2.14. The van der Waals surface area contributed by atoms with Crippen LogP contribution in [0.1, 0.15) is 41.3 Å². The number of carbonyl (C=O) groups excluding carboxylic acids is 2. The maximum atomic E-state index is 12.1. The third kappa shape index (κ3) is 4.80. The molecule has 0 unspecified atom stereocenters. The van der Waals surface area contributed by atoms with E-state index < -0.39 is 5.97 Å². The van der Waals surface area contributed by atoms with Gasteiger partial charge in [-0.05, 0) is 37.6 Å². The highest BCUT2D eigenvalue weighted by atomic mass is 32.1. The van der Waals surface area contributed by atoms with E-state index in [2.05, 4.69) is 10.1 Å². The summed E-state index contributed by atoms with van der Waals surface area (Å²) in [4.78, 5) is 40.0. The van der Waals surface area contributed by atoms with Crippen molar-refractivity contribution in [1.82, 2.24) is 14.6 Å². The van der Waals surface area contributed by atoms with E-state index in [1.807, 2.05) is 6.92 Å². The predicted octanol–water partition coefficient (Wildman–Crippen LogP) is 2.43. The van der Waals surface area contributed by atoms with Crippen LogP contribution in [0.25, 0.3) is 4.96 Å². The van der Waals surface area contributed by atoms with Gasteiger partial charge in [0.25, 0.3) is 5.56 Å². The second-order valence-electron chi connectivity index (χ2n) is 5.97. The van der Waals surface area contributed by atoms with E-state index in [-0.39, 0.29) is 31.0 Å². The summed E-state index contributed by atoms with van der Waals surface area (Å²) in [5.41, 5.74) is 0.675. The largest absolute Gasteiger partial charge is 0.493 e. The van der Waals surface area contributed by atoms with Crippen LogP contribution in [0.2, 0.25) is 0 Å². The highest BCUT2D eigenvalue weighted by Gasteiger charge is 2.10. The van der Waals surface area contributed by atoms with Crippen LogP contribution < -0.4 is 10.3 Å². The number of carbonyl (C=O) groups is 2. The van der Waals surface area contributed by atoms with E-state index in [9.17, 15) is 14.4 Å². The number of hydrogen-bond acceptors (Lipinski definition) is 8. The van der Waals surface area contributed by atoms with Gasteiger partial charge >= 0.3 is 5.97 Å². The minimum absolute atomic E-state index is 0.0224. The molecule has 146 valence electrons. The molecule has 0 N–H and O–H groups in total. The molecule has 0 aliphatic heterocycles. The van der Waals surface area contributed by atoms with Crippen molar-refractivity contribution in [3.05, 3.63) is 57.0 Å². The monoisotopic (exact) mass is 401 g/mol. The van der Waals surface area contributed by atoms with Crippen molar-refractivity contribution in [2.75, 3.05) is 6.61 Å². The lowest BCUT2D eigenvalue weighted by Crippen LogP contribution is -2.17. The van der Waals surface area contributed by atoms with Crippen LogP contribution in [0.4, 0.5) is 0 Å².